The van der Waals surface area contributed by atoms with E-state index in [-0.39, 0.29) is 5.97 Å². The minimum atomic E-state index is -0.370. The Labute approximate surface area is 95.0 Å². The molecule has 4 nitrogen and oxygen atoms in total. The van der Waals surface area contributed by atoms with Gasteiger partial charge in [-0.15, -0.1) is 0 Å². The normalized spacial score (nSPS) is 24.6. The molecule has 1 saturated carbocycles. The molecule has 1 aromatic rings. The van der Waals surface area contributed by atoms with Crippen molar-refractivity contribution in [3.05, 3.63) is 17.8 Å². The standard InChI is InChI=1S/C12H17NO3/c1-3-15-12(14)10-11(16-7-13-10)9-6-4-5-8(9)2/h7-9H,3-6H2,1-2H3. The number of rotatable bonds is 3. The molecule has 1 aliphatic rings. The molecule has 1 heterocycles. The number of ether oxygens (including phenoxy) is 1. The summed E-state index contributed by atoms with van der Waals surface area (Å²) in [7, 11) is 0. The Morgan fingerprint density at radius 2 is 2.44 bits per heavy atom. The number of aromatic nitrogens is 1. The molecule has 0 bridgehead atoms. The quantitative estimate of drug-likeness (QED) is 0.739. The molecule has 0 aromatic carbocycles. The van der Waals surface area contributed by atoms with Crippen molar-refractivity contribution in [2.75, 3.05) is 6.61 Å². The maximum atomic E-state index is 11.6. The largest absolute Gasteiger partial charge is 0.461 e. The van der Waals surface area contributed by atoms with Crippen LogP contribution < -0.4 is 0 Å². The molecule has 0 saturated heterocycles. The van der Waals surface area contributed by atoms with Gasteiger partial charge in [0.05, 0.1) is 6.61 Å². The lowest BCUT2D eigenvalue weighted by atomic mass is 9.94. The predicted octanol–water partition coefficient (Wildman–Crippen LogP) is 2.75. The van der Waals surface area contributed by atoms with Crippen molar-refractivity contribution >= 4 is 5.97 Å². The summed E-state index contributed by atoms with van der Waals surface area (Å²) in [5.74, 6) is 1.22. The maximum Gasteiger partial charge on any atom is 0.360 e. The number of esters is 1. The van der Waals surface area contributed by atoms with E-state index in [1.54, 1.807) is 6.92 Å². The first-order valence-corrected chi connectivity index (χ1v) is 5.84. The van der Waals surface area contributed by atoms with Crippen molar-refractivity contribution in [1.29, 1.82) is 0 Å². The minimum absolute atomic E-state index is 0.321. The monoisotopic (exact) mass is 223 g/mol. The summed E-state index contributed by atoms with van der Waals surface area (Å²) in [4.78, 5) is 15.6. The average molecular weight is 223 g/mol. The molecular formula is C12H17NO3. The molecule has 2 rings (SSSR count). The van der Waals surface area contributed by atoms with E-state index in [0.29, 0.717) is 29.9 Å². The fourth-order valence-electron chi connectivity index (χ4n) is 2.41. The Balaban J connectivity index is 2.21. The van der Waals surface area contributed by atoms with Crippen LogP contribution in [0, 0.1) is 5.92 Å². The number of carbonyl (C=O) groups is 1. The second kappa shape index (κ2) is 4.68. The van der Waals surface area contributed by atoms with Crippen molar-refractivity contribution in [1.82, 2.24) is 4.98 Å². The summed E-state index contributed by atoms with van der Waals surface area (Å²) in [6.45, 7) is 4.34. The lowest BCUT2D eigenvalue weighted by Crippen LogP contribution is -2.11. The fourth-order valence-corrected chi connectivity index (χ4v) is 2.41. The first-order chi connectivity index (χ1) is 7.74. The van der Waals surface area contributed by atoms with Crippen LogP contribution >= 0.6 is 0 Å². The first-order valence-electron chi connectivity index (χ1n) is 5.84. The molecule has 0 N–H and O–H groups in total. The molecule has 1 aliphatic carbocycles. The molecule has 1 fully saturated rings. The van der Waals surface area contributed by atoms with Crippen molar-refractivity contribution in [3.63, 3.8) is 0 Å². The Hall–Kier alpha value is -1.32. The van der Waals surface area contributed by atoms with Gasteiger partial charge in [-0.1, -0.05) is 13.3 Å². The van der Waals surface area contributed by atoms with E-state index >= 15 is 0 Å². The molecule has 0 radical (unpaired) electrons. The zero-order chi connectivity index (χ0) is 11.5. The summed E-state index contributed by atoms with van der Waals surface area (Å²) in [6, 6.07) is 0. The van der Waals surface area contributed by atoms with Gasteiger partial charge < -0.3 is 9.15 Å². The van der Waals surface area contributed by atoms with Gasteiger partial charge in [-0.25, -0.2) is 9.78 Å². The SMILES string of the molecule is CCOC(=O)c1ncoc1C1CCCC1C. The fraction of sp³-hybridized carbons (Fsp3) is 0.667. The van der Waals surface area contributed by atoms with E-state index in [4.69, 9.17) is 9.15 Å². The molecule has 88 valence electrons. The van der Waals surface area contributed by atoms with Gasteiger partial charge >= 0.3 is 5.97 Å². The third-order valence-corrected chi connectivity index (χ3v) is 3.26. The summed E-state index contributed by atoms with van der Waals surface area (Å²) >= 11 is 0. The summed E-state index contributed by atoms with van der Waals surface area (Å²) in [5, 5.41) is 0. The van der Waals surface area contributed by atoms with Crippen LogP contribution in [-0.2, 0) is 4.74 Å². The van der Waals surface area contributed by atoms with Crippen molar-refractivity contribution in [2.24, 2.45) is 5.92 Å². The summed E-state index contributed by atoms with van der Waals surface area (Å²) in [6.07, 6.45) is 4.79. The van der Waals surface area contributed by atoms with Crippen LogP contribution in [0.15, 0.2) is 10.8 Å². The number of oxazole rings is 1. The van der Waals surface area contributed by atoms with Gasteiger partial charge in [0.2, 0.25) is 0 Å². The Morgan fingerprint density at radius 3 is 3.06 bits per heavy atom. The highest BCUT2D eigenvalue weighted by Gasteiger charge is 2.32. The lowest BCUT2D eigenvalue weighted by molar-refractivity contribution is 0.0516. The average Bonchev–Trinajstić information content (AvgIpc) is 2.85. The lowest BCUT2D eigenvalue weighted by Gasteiger charge is -2.12. The van der Waals surface area contributed by atoms with E-state index in [1.165, 1.54) is 19.2 Å². The van der Waals surface area contributed by atoms with Crippen LogP contribution in [0.25, 0.3) is 0 Å². The Morgan fingerprint density at radius 1 is 1.62 bits per heavy atom. The van der Waals surface area contributed by atoms with Crippen molar-refractivity contribution in [3.8, 4) is 0 Å². The molecule has 1 aromatic heterocycles. The Kier molecular flexibility index (Phi) is 3.27. The summed E-state index contributed by atoms with van der Waals surface area (Å²) < 4.78 is 10.3. The van der Waals surface area contributed by atoms with Crippen LogP contribution in [0.5, 0.6) is 0 Å². The predicted molar refractivity (Wildman–Crippen MR) is 58.2 cm³/mol. The van der Waals surface area contributed by atoms with Crippen LogP contribution in [0.1, 0.15) is 55.3 Å². The molecular weight excluding hydrogens is 206 g/mol. The molecule has 2 atom stereocenters. The van der Waals surface area contributed by atoms with Crippen LogP contribution in [0.4, 0.5) is 0 Å². The van der Waals surface area contributed by atoms with Gasteiger partial charge in [0.15, 0.2) is 12.1 Å². The maximum absolute atomic E-state index is 11.6. The number of hydrogen-bond acceptors (Lipinski definition) is 4. The molecule has 2 unspecified atom stereocenters. The van der Waals surface area contributed by atoms with Gasteiger partial charge in [0.1, 0.15) is 5.76 Å². The van der Waals surface area contributed by atoms with Crippen LogP contribution in [0.3, 0.4) is 0 Å². The zero-order valence-corrected chi connectivity index (χ0v) is 9.73. The minimum Gasteiger partial charge on any atom is -0.461 e. The Bertz CT molecular complexity index is 372. The number of carbonyl (C=O) groups excluding carboxylic acids is 1. The molecule has 4 heteroatoms. The second-order valence-electron chi connectivity index (χ2n) is 4.30. The van der Waals surface area contributed by atoms with Crippen LogP contribution in [0.2, 0.25) is 0 Å². The molecule has 16 heavy (non-hydrogen) atoms. The highest BCUT2D eigenvalue weighted by atomic mass is 16.5. The van der Waals surface area contributed by atoms with Crippen molar-refractivity contribution < 1.29 is 13.9 Å². The van der Waals surface area contributed by atoms with Gasteiger partial charge in [0, 0.05) is 5.92 Å². The molecule has 0 spiro atoms. The smallest absolute Gasteiger partial charge is 0.360 e. The first kappa shape index (κ1) is 11.2. The van der Waals surface area contributed by atoms with Crippen LogP contribution in [-0.4, -0.2) is 17.6 Å². The zero-order valence-electron chi connectivity index (χ0n) is 9.73. The van der Waals surface area contributed by atoms with E-state index < -0.39 is 0 Å². The highest BCUT2D eigenvalue weighted by Crippen LogP contribution is 2.40. The van der Waals surface area contributed by atoms with E-state index in [0.717, 1.165) is 6.42 Å². The number of hydrogen-bond donors (Lipinski definition) is 0. The van der Waals surface area contributed by atoms with Gasteiger partial charge in [0.25, 0.3) is 0 Å². The third-order valence-electron chi connectivity index (χ3n) is 3.26. The molecule has 0 aliphatic heterocycles. The van der Waals surface area contributed by atoms with Crippen molar-refractivity contribution in [2.45, 2.75) is 39.0 Å². The van der Waals surface area contributed by atoms with E-state index in [9.17, 15) is 4.79 Å². The van der Waals surface area contributed by atoms with E-state index in [1.807, 2.05) is 0 Å². The van der Waals surface area contributed by atoms with Gasteiger partial charge in [-0.2, -0.15) is 0 Å². The summed E-state index contributed by atoms with van der Waals surface area (Å²) in [5.41, 5.74) is 0.362. The highest BCUT2D eigenvalue weighted by molar-refractivity contribution is 5.88. The van der Waals surface area contributed by atoms with E-state index in [2.05, 4.69) is 11.9 Å². The molecule has 0 amide bonds. The second-order valence-corrected chi connectivity index (χ2v) is 4.30. The van der Waals surface area contributed by atoms with Gasteiger partial charge in [-0.05, 0) is 25.7 Å². The number of nitrogens with zero attached hydrogens (tertiary/aromatic N) is 1. The topological polar surface area (TPSA) is 52.3 Å². The third kappa shape index (κ3) is 1.96. The van der Waals surface area contributed by atoms with Gasteiger partial charge in [-0.3, -0.25) is 0 Å².